The van der Waals surface area contributed by atoms with Gasteiger partial charge in [0, 0.05) is 19.4 Å². The van der Waals surface area contributed by atoms with Crippen LogP contribution in [-0.4, -0.2) is 49.3 Å². The molecule has 0 rings (SSSR count). The number of carbonyl (C=O) groups is 2. The Morgan fingerprint density at radius 1 is 0.566 bits per heavy atom. The number of hydrogen-bond acceptors (Lipinski definition) is 8. The number of phosphoric acid groups is 1. The summed E-state index contributed by atoms with van der Waals surface area (Å²) >= 11 is 0. The summed E-state index contributed by atoms with van der Waals surface area (Å²) in [4.78, 5) is 34.8. The van der Waals surface area contributed by atoms with E-state index in [1.165, 1.54) is 89.9 Å². The molecule has 0 radical (unpaired) electrons. The highest BCUT2D eigenvalue weighted by atomic mass is 31.2. The average Bonchev–Trinajstić information content (AvgIpc) is 3.14. The summed E-state index contributed by atoms with van der Waals surface area (Å²) in [5, 5.41) is 0. The molecule has 0 heterocycles. The molecule has 0 aliphatic rings. The Kier molecular flexibility index (Phi) is 38.1. The Balaban J connectivity index is 4.25. The standard InChI is InChI=1S/C43H78NO8P/c1-3-5-7-9-11-13-15-17-19-20-22-23-25-27-29-31-33-35-42(45)49-39-41(40-51-53(47,48)50-38-37-44)52-43(46)36-34-32-30-28-26-24-21-18-16-14-12-10-8-6-4-2/h11,13,17,19,22-23,30,32,41H,3-10,12,14-16,18,20-21,24-29,31,33-40,44H2,1-2H3,(H,47,48)/b13-11+,19-17+,23-22+,32-30+/t41-/m1/s1. The maximum absolute atomic E-state index is 12.5. The molecule has 0 spiro atoms. The Bertz CT molecular complexity index is 1010. The van der Waals surface area contributed by atoms with Crippen molar-refractivity contribution in [3.8, 4) is 0 Å². The first kappa shape index (κ1) is 51.0. The van der Waals surface area contributed by atoms with Gasteiger partial charge in [0.1, 0.15) is 6.61 Å². The van der Waals surface area contributed by atoms with E-state index in [2.05, 4.69) is 56.4 Å². The number of allylic oxidation sites excluding steroid dienone is 8. The molecule has 0 saturated heterocycles. The highest BCUT2D eigenvalue weighted by Gasteiger charge is 2.25. The maximum atomic E-state index is 12.5. The fraction of sp³-hybridized carbons (Fsp3) is 0.767. The Morgan fingerprint density at radius 2 is 1.02 bits per heavy atom. The zero-order chi connectivity index (χ0) is 38.9. The van der Waals surface area contributed by atoms with Gasteiger partial charge in [-0.1, -0.05) is 152 Å². The van der Waals surface area contributed by atoms with Gasteiger partial charge >= 0.3 is 19.8 Å². The van der Waals surface area contributed by atoms with Gasteiger partial charge in [0.2, 0.25) is 0 Å². The lowest BCUT2D eigenvalue weighted by atomic mass is 10.1. The van der Waals surface area contributed by atoms with Crippen molar-refractivity contribution in [2.75, 3.05) is 26.4 Å². The quantitative estimate of drug-likeness (QED) is 0.0271. The predicted octanol–water partition coefficient (Wildman–Crippen LogP) is 11.9. The van der Waals surface area contributed by atoms with Crippen LogP contribution in [0.1, 0.15) is 181 Å². The van der Waals surface area contributed by atoms with Crippen LogP contribution in [0.2, 0.25) is 0 Å². The van der Waals surface area contributed by atoms with Crippen molar-refractivity contribution >= 4 is 19.8 Å². The van der Waals surface area contributed by atoms with Crippen molar-refractivity contribution in [3.63, 3.8) is 0 Å². The van der Waals surface area contributed by atoms with Gasteiger partial charge in [0.25, 0.3) is 0 Å². The SMILES string of the molecule is CCCCC/C=C/C/C=C/C/C=C/CCCCCCC(=O)OC[C@H](COP(=O)(O)OCCN)OC(=O)CC/C=C/CCCCCCCCCCCCC. The molecule has 0 aromatic heterocycles. The summed E-state index contributed by atoms with van der Waals surface area (Å²) in [5.41, 5.74) is 5.34. The Hall–Kier alpha value is -2.03. The smallest absolute Gasteiger partial charge is 0.462 e. The van der Waals surface area contributed by atoms with Crippen LogP contribution < -0.4 is 5.73 Å². The molecule has 9 nitrogen and oxygen atoms in total. The van der Waals surface area contributed by atoms with Gasteiger partial charge in [0.05, 0.1) is 13.2 Å². The van der Waals surface area contributed by atoms with Crippen LogP contribution in [-0.2, 0) is 32.7 Å². The van der Waals surface area contributed by atoms with E-state index in [4.69, 9.17) is 24.3 Å². The van der Waals surface area contributed by atoms with Crippen LogP contribution in [0.15, 0.2) is 48.6 Å². The first-order valence-electron chi connectivity index (χ1n) is 21.1. The molecule has 0 aliphatic heterocycles. The van der Waals surface area contributed by atoms with Crippen molar-refractivity contribution in [1.29, 1.82) is 0 Å². The zero-order valence-corrected chi connectivity index (χ0v) is 34.6. The van der Waals surface area contributed by atoms with Crippen molar-refractivity contribution in [3.05, 3.63) is 48.6 Å². The van der Waals surface area contributed by atoms with Gasteiger partial charge in [0.15, 0.2) is 6.10 Å². The molecule has 0 aromatic carbocycles. The molecule has 0 aromatic rings. The van der Waals surface area contributed by atoms with Crippen molar-refractivity contribution < 1.29 is 37.6 Å². The molecule has 0 aliphatic carbocycles. The summed E-state index contributed by atoms with van der Waals surface area (Å²) in [7, 11) is -4.39. The molecule has 0 bridgehead atoms. The molecule has 0 saturated carbocycles. The van der Waals surface area contributed by atoms with E-state index >= 15 is 0 Å². The van der Waals surface area contributed by atoms with Gasteiger partial charge in [-0.05, 0) is 64.2 Å². The van der Waals surface area contributed by atoms with Crippen LogP contribution in [0.25, 0.3) is 0 Å². The third-order valence-electron chi connectivity index (χ3n) is 8.70. The van der Waals surface area contributed by atoms with Gasteiger partial charge < -0.3 is 20.1 Å². The van der Waals surface area contributed by atoms with E-state index in [-0.39, 0.29) is 32.6 Å². The first-order valence-corrected chi connectivity index (χ1v) is 22.6. The summed E-state index contributed by atoms with van der Waals surface area (Å²) in [6.45, 7) is 3.63. The number of carbonyl (C=O) groups excluding carboxylic acids is 2. The Morgan fingerprint density at radius 3 is 1.58 bits per heavy atom. The molecule has 10 heteroatoms. The largest absolute Gasteiger partial charge is 0.472 e. The molecular formula is C43H78NO8P. The first-order chi connectivity index (χ1) is 25.8. The third-order valence-corrected chi connectivity index (χ3v) is 9.68. The second kappa shape index (κ2) is 39.7. The van der Waals surface area contributed by atoms with E-state index in [1.54, 1.807) is 0 Å². The van der Waals surface area contributed by atoms with Crippen LogP contribution in [0.4, 0.5) is 0 Å². The monoisotopic (exact) mass is 768 g/mol. The fourth-order valence-electron chi connectivity index (χ4n) is 5.54. The number of unbranched alkanes of at least 4 members (excludes halogenated alkanes) is 18. The van der Waals surface area contributed by atoms with E-state index in [0.717, 1.165) is 51.4 Å². The zero-order valence-electron chi connectivity index (χ0n) is 33.7. The lowest BCUT2D eigenvalue weighted by Crippen LogP contribution is -2.29. The summed E-state index contributed by atoms with van der Waals surface area (Å²) in [6, 6.07) is 0. The molecule has 1 unspecified atom stereocenters. The van der Waals surface area contributed by atoms with E-state index in [0.29, 0.717) is 12.8 Å². The lowest BCUT2D eigenvalue weighted by Gasteiger charge is -2.19. The van der Waals surface area contributed by atoms with Crippen molar-refractivity contribution in [2.24, 2.45) is 5.73 Å². The van der Waals surface area contributed by atoms with Gasteiger partial charge in [-0.25, -0.2) is 4.57 Å². The minimum Gasteiger partial charge on any atom is -0.462 e. The summed E-state index contributed by atoms with van der Waals surface area (Å²) < 4.78 is 32.7. The van der Waals surface area contributed by atoms with E-state index in [1.807, 2.05) is 6.08 Å². The number of hydrogen-bond donors (Lipinski definition) is 2. The topological polar surface area (TPSA) is 134 Å². The number of phosphoric ester groups is 1. The normalized spacial score (nSPS) is 13.8. The van der Waals surface area contributed by atoms with Crippen LogP contribution in [0.3, 0.4) is 0 Å². The molecule has 308 valence electrons. The third kappa shape index (κ3) is 39.5. The minimum atomic E-state index is -4.39. The molecule has 53 heavy (non-hydrogen) atoms. The summed E-state index contributed by atoms with van der Waals surface area (Å²) in [6.07, 6.45) is 44.4. The van der Waals surface area contributed by atoms with Gasteiger partial charge in [-0.3, -0.25) is 18.6 Å². The number of nitrogens with two attached hydrogens (primary N) is 1. The van der Waals surface area contributed by atoms with Crippen LogP contribution in [0, 0.1) is 0 Å². The second-order valence-electron chi connectivity index (χ2n) is 13.8. The fourth-order valence-corrected chi connectivity index (χ4v) is 6.31. The average molecular weight is 768 g/mol. The molecule has 0 amide bonds. The molecule has 0 fully saturated rings. The molecule has 3 N–H and O–H groups in total. The highest BCUT2D eigenvalue weighted by Crippen LogP contribution is 2.43. The Labute approximate surface area is 324 Å². The number of ether oxygens (including phenoxy) is 2. The predicted molar refractivity (Wildman–Crippen MR) is 220 cm³/mol. The van der Waals surface area contributed by atoms with E-state index < -0.39 is 32.5 Å². The van der Waals surface area contributed by atoms with Crippen LogP contribution >= 0.6 is 7.82 Å². The highest BCUT2D eigenvalue weighted by molar-refractivity contribution is 7.47. The van der Waals surface area contributed by atoms with Crippen LogP contribution in [0.5, 0.6) is 0 Å². The minimum absolute atomic E-state index is 0.0442. The number of rotatable bonds is 39. The summed E-state index contributed by atoms with van der Waals surface area (Å²) in [5.74, 6) is -0.912. The van der Waals surface area contributed by atoms with Gasteiger partial charge in [-0.15, -0.1) is 0 Å². The van der Waals surface area contributed by atoms with Crippen molar-refractivity contribution in [2.45, 2.75) is 187 Å². The van der Waals surface area contributed by atoms with E-state index in [9.17, 15) is 19.0 Å². The van der Waals surface area contributed by atoms with Crippen molar-refractivity contribution in [1.82, 2.24) is 0 Å². The van der Waals surface area contributed by atoms with Gasteiger partial charge in [-0.2, -0.15) is 0 Å². The maximum Gasteiger partial charge on any atom is 0.472 e. The molecule has 2 atom stereocenters. The lowest BCUT2D eigenvalue weighted by molar-refractivity contribution is -0.161. The second-order valence-corrected chi connectivity index (χ2v) is 15.3. The molecular weight excluding hydrogens is 689 g/mol. The number of esters is 2.